The summed E-state index contributed by atoms with van der Waals surface area (Å²) in [7, 11) is 6.31. The van der Waals surface area contributed by atoms with Gasteiger partial charge in [-0.15, -0.1) is 24.0 Å². The minimum atomic E-state index is 0. The topological polar surface area (TPSA) is 52.6 Å². The summed E-state index contributed by atoms with van der Waals surface area (Å²) >= 11 is 0. The molecule has 2 atom stereocenters. The first-order chi connectivity index (χ1) is 12.7. The first kappa shape index (κ1) is 23.1. The van der Waals surface area contributed by atoms with Crippen LogP contribution in [-0.2, 0) is 9.47 Å². The Hall–Kier alpha value is -0.160. The fraction of sp³-hybridized carbons (Fsp3) is 0.947. The van der Waals surface area contributed by atoms with E-state index in [-0.39, 0.29) is 24.0 Å². The van der Waals surface area contributed by atoms with Crippen molar-refractivity contribution in [3.8, 4) is 0 Å². The number of piperazine rings is 1. The van der Waals surface area contributed by atoms with Crippen LogP contribution < -0.4 is 5.32 Å². The molecule has 0 radical (unpaired) electrons. The number of likely N-dealkylation sites (N-methyl/N-ethyl adjacent to an activating group) is 2. The highest BCUT2D eigenvalue weighted by molar-refractivity contribution is 14.0. The number of nitrogens with one attached hydrogen (secondary N) is 1. The molecule has 1 N–H and O–H groups in total. The van der Waals surface area contributed by atoms with Gasteiger partial charge in [-0.1, -0.05) is 0 Å². The van der Waals surface area contributed by atoms with E-state index in [1.165, 1.54) is 6.42 Å². The van der Waals surface area contributed by atoms with Gasteiger partial charge in [0.2, 0.25) is 0 Å². The van der Waals surface area contributed by atoms with Crippen LogP contribution in [-0.4, -0.2) is 113 Å². The molecule has 3 rings (SSSR count). The molecule has 8 heteroatoms. The quantitative estimate of drug-likeness (QED) is 0.350. The number of hydrogen-bond acceptors (Lipinski definition) is 5. The molecule has 2 unspecified atom stereocenters. The smallest absolute Gasteiger partial charge is 0.193 e. The molecular weight excluding hydrogens is 457 g/mol. The molecule has 7 nitrogen and oxygen atoms in total. The fourth-order valence-electron chi connectivity index (χ4n) is 4.12. The summed E-state index contributed by atoms with van der Waals surface area (Å²) in [6, 6.07) is 0.540. The molecule has 3 aliphatic heterocycles. The minimum Gasteiger partial charge on any atom is -0.376 e. The monoisotopic (exact) mass is 495 g/mol. The summed E-state index contributed by atoms with van der Waals surface area (Å²) in [6.07, 6.45) is 5.17. The van der Waals surface area contributed by atoms with Gasteiger partial charge in [-0.25, -0.2) is 0 Å². The van der Waals surface area contributed by atoms with Crippen LogP contribution in [0.1, 0.15) is 25.7 Å². The summed E-state index contributed by atoms with van der Waals surface area (Å²) in [6.45, 7) is 8.03. The van der Waals surface area contributed by atoms with Crippen LogP contribution in [0, 0.1) is 0 Å². The zero-order valence-electron chi connectivity index (χ0n) is 17.2. The number of rotatable bonds is 5. The van der Waals surface area contributed by atoms with Crippen molar-refractivity contribution in [3.05, 3.63) is 0 Å². The van der Waals surface area contributed by atoms with Gasteiger partial charge in [0.25, 0.3) is 0 Å². The highest BCUT2D eigenvalue weighted by atomic mass is 127. The Kier molecular flexibility index (Phi) is 10.1. The van der Waals surface area contributed by atoms with Crippen molar-refractivity contribution < 1.29 is 9.47 Å². The predicted molar refractivity (Wildman–Crippen MR) is 120 cm³/mol. The third-order valence-electron chi connectivity index (χ3n) is 5.97. The van der Waals surface area contributed by atoms with Gasteiger partial charge in [-0.05, 0) is 39.8 Å². The Labute approximate surface area is 181 Å². The van der Waals surface area contributed by atoms with Crippen LogP contribution in [0.5, 0.6) is 0 Å². The van der Waals surface area contributed by atoms with Gasteiger partial charge >= 0.3 is 0 Å². The Bertz CT molecular complexity index is 453. The Balaban J connectivity index is 0.00000261. The molecule has 0 amide bonds. The second-order valence-electron chi connectivity index (χ2n) is 7.98. The standard InChI is InChI=1S/C19H37N5O2.HI/c1-20-19(21-13-16-14-22(2)10-11-23(16)3)24-8-6-17(7-9-24)26-15-18-5-4-12-25-18;/h16-18H,4-15H2,1-3H3,(H,20,21);1H. The molecular formula is C19H38IN5O2. The lowest BCUT2D eigenvalue weighted by atomic mass is 10.1. The van der Waals surface area contributed by atoms with Crippen LogP contribution in [0.3, 0.4) is 0 Å². The maximum atomic E-state index is 6.09. The number of halogens is 1. The van der Waals surface area contributed by atoms with Crippen molar-refractivity contribution >= 4 is 29.9 Å². The van der Waals surface area contributed by atoms with Crippen molar-refractivity contribution in [1.29, 1.82) is 0 Å². The molecule has 0 aliphatic carbocycles. The van der Waals surface area contributed by atoms with Crippen molar-refractivity contribution in [2.45, 2.75) is 43.9 Å². The number of piperidine rings is 1. The first-order valence-corrected chi connectivity index (χ1v) is 10.2. The van der Waals surface area contributed by atoms with Crippen LogP contribution in [0.15, 0.2) is 4.99 Å². The number of hydrogen-bond donors (Lipinski definition) is 1. The van der Waals surface area contributed by atoms with Crippen LogP contribution in [0.4, 0.5) is 0 Å². The summed E-state index contributed by atoms with van der Waals surface area (Å²) in [5, 5.41) is 3.60. The maximum Gasteiger partial charge on any atom is 0.193 e. The lowest BCUT2D eigenvalue weighted by molar-refractivity contribution is -0.0367. The van der Waals surface area contributed by atoms with E-state index < -0.39 is 0 Å². The van der Waals surface area contributed by atoms with Crippen LogP contribution in [0.2, 0.25) is 0 Å². The number of likely N-dealkylation sites (tertiary alicyclic amines) is 1. The maximum absolute atomic E-state index is 6.09. The van der Waals surface area contributed by atoms with Gasteiger partial charge in [0, 0.05) is 59.0 Å². The second kappa shape index (κ2) is 11.7. The van der Waals surface area contributed by atoms with Gasteiger partial charge in [0.15, 0.2) is 5.96 Å². The van der Waals surface area contributed by atoms with Crippen LogP contribution in [0.25, 0.3) is 0 Å². The number of aliphatic imine (C=N–C) groups is 1. The minimum absolute atomic E-state index is 0. The van der Waals surface area contributed by atoms with Crippen LogP contribution >= 0.6 is 24.0 Å². The molecule has 0 aromatic heterocycles. The molecule has 0 aromatic rings. The van der Waals surface area contributed by atoms with E-state index in [0.29, 0.717) is 18.2 Å². The lowest BCUT2D eigenvalue weighted by Gasteiger charge is -2.39. The fourth-order valence-corrected chi connectivity index (χ4v) is 4.12. The Morgan fingerprint density at radius 2 is 1.93 bits per heavy atom. The highest BCUT2D eigenvalue weighted by Crippen LogP contribution is 2.18. The van der Waals surface area contributed by atoms with Gasteiger partial charge in [-0.2, -0.15) is 0 Å². The summed E-state index contributed by atoms with van der Waals surface area (Å²) in [4.78, 5) is 11.7. The van der Waals surface area contributed by atoms with Crippen molar-refractivity contribution in [3.63, 3.8) is 0 Å². The third-order valence-corrected chi connectivity index (χ3v) is 5.97. The second-order valence-corrected chi connectivity index (χ2v) is 7.98. The molecule has 3 aliphatic rings. The largest absolute Gasteiger partial charge is 0.376 e. The Morgan fingerprint density at radius 3 is 2.59 bits per heavy atom. The van der Waals surface area contributed by atoms with Gasteiger partial charge in [0.05, 0.1) is 18.8 Å². The van der Waals surface area contributed by atoms with E-state index >= 15 is 0 Å². The lowest BCUT2D eigenvalue weighted by Crippen LogP contribution is -2.56. The normalized spacial score (nSPS) is 29.0. The summed E-state index contributed by atoms with van der Waals surface area (Å²) < 4.78 is 11.7. The number of nitrogens with zero attached hydrogens (tertiary/aromatic N) is 4. The molecule has 27 heavy (non-hydrogen) atoms. The molecule has 158 valence electrons. The third kappa shape index (κ3) is 6.99. The SMILES string of the molecule is CN=C(NCC1CN(C)CCN1C)N1CCC(OCC2CCCO2)CC1.I. The van der Waals surface area contributed by atoms with Crippen molar-refractivity contribution in [2.24, 2.45) is 4.99 Å². The summed E-state index contributed by atoms with van der Waals surface area (Å²) in [5.41, 5.74) is 0. The predicted octanol–water partition coefficient (Wildman–Crippen LogP) is 1.09. The zero-order chi connectivity index (χ0) is 18.4. The van der Waals surface area contributed by atoms with E-state index in [1.54, 1.807) is 0 Å². The highest BCUT2D eigenvalue weighted by Gasteiger charge is 2.26. The van der Waals surface area contributed by atoms with E-state index in [4.69, 9.17) is 9.47 Å². The number of guanidine groups is 1. The van der Waals surface area contributed by atoms with Gasteiger partial charge < -0.3 is 24.6 Å². The van der Waals surface area contributed by atoms with Gasteiger partial charge in [-0.3, -0.25) is 9.89 Å². The zero-order valence-corrected chi connectivity index (χ0v) is 19.6. The number of ether oxygens (including phenoxy) is 2. The van der Waals surface area contributed by atoms with Crippen molar-refractivity contribution in [1.82, 2.24) is 20.0 Å². The van der Waals surface area contributed by atoms with E-state index in [2.05, 4.69) is 39.1 Å². The van der Waals surface area contributed by atoms with Gasteiger partial charge in [0.1, 0.15) is 0 Å². The molecule has 3 fully saturated rings. The molecule has 0 bridgehead atoms. The molecule has 3 saturated heterocycles. The average molecular weight is 495 g/mol. The van der Waals surface area contributed by atoms with E-state index in [1.807, 2.05) is 7.05 Å². The molecule has 0 aromatic carbocycles. The molecule has 0 saturated carbocycles. The average Bonchev–Trinajstić information content (AvgIpc) is 3.18. The molecule has 3 heterocycles. The molecule has 0 spiro atoms. The van der Waals surface area contributed by atoms with Crippen molar-refractivity contribution in [2.75, 3.05) is 73.6 Å². The van der Waals surface area contributed by atoms with E-state index in [0.717, 1.165) is 77.7 Å². The first-order valence-electron chi connectivity index (χ1n) is 10.2. The Morgan fingerprint density at radius 1 is 1.15 bits per heavy atom. The van der Waals surface area contributed by atoms with E-state index in [9.17, 15) is 0 Å². The summed E-state index contributed by atoms with van der Waals surface area (Å²) in [5.74, 6) is 1.03.